The summed E-state index contributed by atoms with van der Waals surface area (Å²) in [7, 11) is 0. The zero-order valence-electron chi connectivity index (χ0n) is 19.5. The van der Waals surface area contributed by atoms with Crippen LogP contribution in [0.4, 0.5) is 9.18 Å². The molecule has 3 aromatic carbocycles. The summed E-state index contributed by atoms with van der Waals surface area (Å²) in [4.78, 5) is 30.6. The Morgan fingerprint density at radius 3 is 2.38 bits per heavy atom. The second-order valence-corrected chi connectivity index (χ2v) is 9.40. The maximum Gasteiger partial charge on any atom is 0.528 e. The van der Waals surface area contributed by atoms with Gasteiger partial charge in [0.15, 0.2) is 0 Å². The van der Waals surface area contributed by atoms with Crippen molar-refractivity contribution in [1.29, 1.82) is 0 Å². The van der Waals surface area contributed by atoms with Gasteiger partial charge in [-0.05, 0) is 67.8 Å². The molecular formula is C27H28FNO5. The normalized spacial score (nSPS) is 18.9. The summed E-state index contributed by atoms with van der Waals surface area (Å²) in [6.45, 7) is 5.85. The first-order valence-electron chi connectivity index (χ1n) is 11.3. The van der Waals surface area contributed by atoms with Crippen molar-refractivity contribution in [3.8, 4) is 0 Å². The monoisotopic (exact) mass is 465 g/mol. The van der Waals surface area contributed by atoms with Crippen molar-refractivity contribution in [2.24, 2.45) is 0 Å². The summed E-state index contributed by atoms with van der Waals surface area (Å²) < 4.78 is 24.7. The Bertz CT molecular complexity index is 1170. The van der Waals surface area contributed by atoms with Crippen molar-refractivity contribution in [2.45, 2.75) is 44.8 Å². The standard InChI is InChI=1S/C27H28FNO5/c1-27(2,3)33-26(31)34-29-15-14-23(19-10-12-22(28)13-11-19)24(17-29)32-25(30)21-9-8-18-6-4-5-7-20(18)16-21/h4-13,16,23-24H,14-15,17H2,1-3H3. The molecule has 4 rings (SSSR count). The zero-order chi connectivity index (χ0) is 24.3. The number of fused-ring (bicyclic) bond motifs is 1. The summed E-state index contributed by atoms with van der Waals surface area (Å²) in [5.74, 6) is -0.982. The van der Waals surface area contributed by atoms with Crippen molar-refractivity contribution >= 4 is 22.9 Å². The Labute approximate surface area is 198 Å². The van der Waals surface area contributed by atoms with Gasteiger partial charge in [0.2, 0.25) is 0 Å². The molecule has 178 valence electrons. The number of hydrogen-bond acceptors (Lipinski definition) is 6. The van der Waals surface area contributed by atoms with E-state index in [9.17, 15) is 14.0 Å². The average Bonchev–Trinajstić information content (AvgIpc) is 2.78. The smallest absolute Gasteiger partial charge is 0.457 e. The Kier molecular flexibility index (Phi) is 6.84. The molecule has 0 bridgehead atoms. The average molecular weight is 466 g/mol. The molecule has 2 unspecified atom stereocenters. The van der Waals surface area contributed by atoms with E-state index in [1.807, 2.05) is 30.3 Å². The van der Waals surface area contributed by atoms with E-state index in [0.29, 0.717) is 18.5 Å². The highest BCUT2D eigenvalue weighted by Gasteiger charge is 2.36. The fourth-order valence-corrected chi connectivity index (χ4v) is 4.08. The second kappa shape index (κ2) is 9.81. The summed E-state index contributed by atoms with van der Waals surface area (Å²) in [6.07, 6.45) is -0.877. The Hall–Kier alpha value is -3.45. The van der Waals surface area contributed by atoms with Crippen molar-refractivity contribution in [3.63, 3.8) is 0 Å². The SMILES string of the molecule is CC(C)(C)OC(=O)ON1CCC(c2ccc(F)cc2)C(OC(=O)c2ccc3ccccc3c2)C1. The first-order valence-corrected chi connectivity index (χ1v) is 11.3. The van der Waals surface area contributed by atoms with Crippen LogP contribution in [0.25, 0.3) is 10.8 Å². The number of hydroxylamine groups is 2. The molecule has 2 atom stereocenters. The molecule has 0 amide bonds. The number of esters is 1. The van der Waals surface area contributed by atoms with Crippen molar-refractivity contribution in [2.75, 3.05) is 13.1 Å². The molecule has 0 radical (unpaired) electrons. The molecule has 0 N–H and O–H groups in total. The Morgan fingerprint density at radius 2 is 1.68 bits per heavy atom. The van der Waals surface area contributed by atoms with Crippen LogP contribution in [0.15, 0.2) is 66.7 Å². The van der Waals surface area contributed by atoms with Gasteiger partial charge in [-0.1, -0.05) is 42.5 Å². The van der Waals surface area contributed by atoms with Crippen LogP contribution in [0.3, 0.4) is 0 Å². The molecule has 0 aliphatic carbocycles. The van der Waals surface area contributed by atoms with Crippen LogP contribution < -0.4 is 0 Å². The largest absolute Gasteiger partial charge is 0.528 e. The highest BCUT2D eigenvalue weighted by molar-refractivity contribution is 5.95. The zero-order valence-corrected chi connectivity index (χ0v) is 19.5. The summed E-state index contributed by atoms with van der Waals surface area (Å²) in [5.41, 5.74) is 0.599. The van der Waals surface area contributed by atoms with Crippen LogP contribution in [-0.2, 0) is 14.3 Å². The van der Waals surface area contributed by atoms with Crippen molar-refractivity contribution in [3.05, 3.63) is 83.7 Å². The van der Waals surface area contributed by atoms with E-state index in [1.165, 1.54) is 17.2 Å². The lowest BCUT2D eigenvalue weighted by Crippen LogP contribution is -2.46. The van der Waals surface area contributed by atoms with Gasteiger partial charge in [0, 0.05) is 12.5 Å². The summed E-state index contributed by atoms with van der Waals surface area (Å²) in [6, 6.07) is 19.3. The van der Waals surface area contributed by atoms with E-state index in [4.69, 9.17) is 14.3 Å². The fraction of sp³-hybridized carbons (Fsp3) is 0.333. The topological polar surface area (TPSA) is 65.1 Å². The molecule has 3 aromatic rings. The van der Waals surface area contributed by atoms with Gasteiger partial charge in [0.25, 0.3) is 0 Å². The molecule has 1 heterocycles. The number of ether oxygens (including phenoxy) is 2. The van der Waals surface area contributed by atoms with Crippen LogP contribution >= 0.6 is 0 Å². The van der Waals surface area contributed by atoms with Crippen molar-refractivity contribution in [1.82, 2.24) is 5.06 Å². The van der Waals surface area contributed by atoms with Crippen LogP contribution in [0.1, 0.15) is 49.0 Å². The van der Waals surface area contributed by atoms with E-state index >= 15 is 0 Å². The molecule has 1 saturated heterocycles. The van der Waals surface area contributed by atoms with E-state index in [-0.39, 0.29) is 18.3 Å². The molecule has 1 aliphatic heterocycles. The highest BCUT2D eigenvalue weighted by Crippen LogP contribution is 2.32. The number of carbonyl (C=O) groups is 2. The minimum absolute atomic E-state index is 0.167. The van der Waals surface area contributed by atoms with Gasteiger partial charge >= 0.3 is 12.1 Å². The third-order valence-electron chi connectivity index (χ3n) is 5.66. The van der Waals surface area contributed by atoms with E-state index in [0.717, 1.165) is 16.3 Å². The Balaban J connectivity index is 1.53. The molecular weight excluding hydrogens is 437 g/mol. The number of halogens is 1. The lowest BCUT2D eigenvalue weighted by Gasteiger charge is -2.37. The number of nitrogens with zero attached hydrogens (tertiary/aromatic N) is 1. The van der Waals surface area contributed by atoms with E-state index in [1.54, 1.807) is 45.0 Å². The first kappa shape index (κ1) is 23.7. The summed E-state index contributed by atoms with van der Waals surface area (Å²) in [5, 5.41) is 3.41. The molecule has 1 fully saturated rings. The van der Waals surface area contributed by atoms with Crippen LogP contribution in [0, 0.1) is 5.82 Å². The quantitative estimate of drug-likeness (QED) is 0.450. The Morgan fingerprint density at radius 1 is 0.971 bits per heavy atom. The van der Waals surface area contributed by atoms with Crippen LogP contribution in [0.5, 0.6) is 0 Å². The van der Waals surface area contributed by atoms with Gasteiger partial charge in [0.05, 0.1) is 12.1 Å². The maximum absolute atomic E-state index is 13.5. The number of hydrogen-bond donors (Lipinski definition) is 0. The van der Waals surface area contributed by atoms with Gasteiger partial charge < -0.3 is 14.3 Å². The third-order valence-corrected chi connectivity index (χ3v) is 5.66. The van der Waals surface area contributed by atoms with Gasteiger partial charge in [0.1, 0.15) is 17.5 Å². The van der Waals surface area contributed by atoms with Gasteiger partial charge in [-0.2, -0.15) is 0 Å². The van der Waals surface area contributed by atoms with Gasteiger partial charge in [-0.25, -0.2) is 14.0 Å². The van der Waals surface area contributed by atoms with Crippen molar-refractivity contribution < 1.29 is 28.3 Å². The first-order chi connectivity index (χ1) is 16.2. The predicted molar refractivity (Wildman–Crippen MR) is 126 cm³/mol. The maximum atomic E-state index is 13.5. The number of carbonyl (C=O) groups excluding carboxylic acids is 2. The molecule has 0 aromatic heterocycles. The van der Waals surface area contributed by atoms with Crippen LogP contribution in [0.2, 0.25) is 0 Å². The van der Waals surface area contributed by atoms with Crippen LogP contribution in [-0.4, -0.2) is 42.0 Å². The number of benzene rings is 3. The lowest BCUT2D eigenvalue weighted by molar-refractivity contribution is -0.171. The minimum Gasteiger partial charge on any atom is -0.457 e. The molecule has 1 aliphatic rings. The summed E-state index contributed by atoms with van der Waals surface area (Å²) >= 11 is 0. The van der Waals surface area contributed by atoms with Gasteiger partial charge in [-0.15, -0.1) is 5.06 Å². The van der Waals surface area contributed by atoms with Gasteiger partial charge in [-0.3, -0.25) is 0 Å². The lowest BCUT2D eigenvalue weighted by atomic mass is 9.87. The fourth-order valence-electron chi connectivity index (χ4n) is 4.08. The molecule has 6 nitrogen and oxygen atoms in total. The highest BCUT2D eigenvalue weighted by atomic mass is 19.1. The molecule has 0 spiro atoms. The minimum atomic E-state index is -0.813. The molecule has 7 heteroatoms. The number of rotatable bonds is 4. The van der Waals surface area contributed by atoms with E-state index in [2.05, 4.69) is 0 Å². The van der Waals surface area contributed by atoms with E-state index < -0.39 is 23.8 Å². The predicted octanol–water partition coefficient (Wildman–Crippen LogP) is 5.86. The third kappa shape index (κ3) is 5.91. The molecule has 0 saturated carbocycles. The number of piperidine rings is 1. The second-order valence-electron chi connectivity index (χ2n) is 9.40. The molecule has 34 heavy (non-hydrogen) atoms.